The Labute approximate surface area is 118 Å². The quantitative estimate of drug-likeness (QED) is 0.935. The molecule has 20 heavy (non-hydrogen) atoms. The van der Waals surface area contributed by atoms with Crippen LogP contribution < -0.4 is 10.5 Å². The van der Waals surface area contributed by atoms with E-state index >= 15 is 0 Å². The lowest BCUT2D eigenvalue weighted by atomic mass is 9.86. The van der Waals surface area contributed by atoms with Crippen molar-refractivity contribution in [1.29, 1.82) is 0 Å². The number of hydrogen-bond donors (Lipinski definition) is 1. The fourth-order valence-electron chi connectivity index (χ4n) is 2.28. The zero-order chi connectivity index (χ0) is 14.9. The van der Waals surface area contributed by atoms with Gasteiger partial charge in [0, 0.05) is 5.56 Å². The molecule has 1 aromatic heterocycles. The summed E-state index contributed by atoms with van der Waals surface area (Å²) >= 11 is 0. The van der Waals surface area contributed by atoms with E-state index in [1.165, 1.54) is 12.3 Å². The molecule has 1 aromatic carbocycles. The van der Waals surface area contributed by atoms with Crippen molar-refractivity contribution < 1.29 is 9.13 Å². The molecule has 0 bridgehead atoms. The lowest BCUT2D eigenvalue weighted by molar-refractivity contribution is 0.394. The highest BCUT2D eigenvalue weighted by molar-refractivity contribution is 5.51. The first-order valence-electron chi connectivity index (χ1n) is 6.43. The highest BCUT2D eigenvalue weighted by atomic mass is 19.1. The number of halogens is 1. The molecule has 0 saturated heterocycles. The van der Waals surface area contributed by atoms with Crippen molar-refractivity contribution >= 4 is 0 Å². The van der Waals surface area contributed by atoms with Gasteiger partial charge in [0.25, 0.3) is 0 Å². The molecule has 1 heterocycles. The van der Waals surface area contributed by atoms with Crippen LogP contribution in [0.15, 0.2) is 30.5 Å². The van der Waals surface area contributed by atoms with Crippen LogP contribution in [0.1, 0.15) is 29.3 Å². The van der Waals surface area contributed by atoms with Gasteiger partial charge in [0.05, 0.1) is 24.5 Å². The molecule has 3 nitrogen and oxygen atoms in total. The number of rotatable bonds is 3. The van der Waals surface area contributed by atoms with Crippen LogP contribution in [0.2, 0.25) is 0 Å². The summed E-state index contributed by atoms with van der Waals surface area (Å²) in [6, 6.07) is 6.90. The van der Waals surface area contributed by atoms with Gasteiger partial charge >= 0.3 is 0 Å². The molecule has 0 radical (unpaired) electrons. The normalized spacial score (nSPS) is 13.9. The van der Waals surface area contributed by atoms with Crippen LogP contribution in [-0.2, 0) is 5.54 Å². The molecule has 0 aliphatic heterocycles. The number of aromatic nitrogens is 1. The van der Waals surface area contributed by atoms with Gasteiger partial charge in [-0.05, 0) is 44.0 Å². The maximum absolute atomic E-state index is 13.0. The van der Waals surface area contributed by atoms with Gasteiger partial charge in [-0.1, -0.05) is 12.1 Å². The van der Waals surface area contributed by atoms with Crippen LogP contribution in [0.3, 0.4) is 0 Å². The number of nitrogens with zero attached hydrogens (tertiary/aromatic N) is 1. The Bertz CT molecular complexity index is 621. The molecule has 0 spiro atoms. The van der Waals surface area contributed by atoms with E-state index in [2.05, 4.69) is 4.98 Å². The summed E-state index contributed by atoms with van der Waals surface area (Å²) in [5.41, 5.74) is 9.20. The molecule has 0 saturated carbocycles. The number of nitrogens with two attached hydrogens (primary N) is 1. The maximum atomic E-state index is 13.0. The van der Waals surface area contributed by atoms with Gasteiger partial charge in [0.2, 0.25) is 0 Å². The van der Waals surface area contributed by atoms with E-state index in [1.54, 1.807) is 13.2 Å². The minimum absolute atomic E-state index is 0.378. The summed E-state index contributed by atoms with van der Waals surface area (Å²) in [5.74, 6) is 0.373. The van der Waals surface area contributed by atoms with Gasteiger partial charge in [0.15, 0.2) is 0 Å². The van der Waals surface area contributed by atoms with E-state index < -0.39 is 5.54 Å². The molecule has 2 aromatic rings. The molecule has 0 aliphatic rings. The highest BCUT2D eigenvalue weighted by Crippen LogP contribution is 2.35. The molecular weight excluding hydrogens is 255 g/mol. The number of benzene rings is 1. The van der Waals surface area contributed by atoms with E-state index in [1.807, 2.05) is 32.9 Å². The Morgan fingerprint density at radius 1 is 1.20 bits per heavy atom. The lowest BCUT2D eigenvalue weighted by Gasteiger charge is -2.28. The first kappa shape index (κ1) is 14.5. The molecule has 4 heteroatoms. The Morgan fingerprint density at radius 3 is 2.45 bits per heavy atom. The second kappa shape index (κ2) is 5.21. The van der Waals surface area contributed by atoms with Crippen molar-refractivity contribution in [2.75, 3.05) is 7.11 Å². The van der Waals surface area contributed by atoms with Crippen molar-refractivity contribution in [1.82, 2.24) is 4.98 Å². The molecule has 0 fully saturated rings. The molecule has 1 atom stereocenters. The molecule has 2 rings (SSSR count). The predicted molar refractivity (Wildman–Crippen MR) is 77.3 cm³/mol. The number of aryl methyl sites for hydroxylation is 1. The van der Waals surface area contributed by atoms with E-state index in [-0.39, 0.29) is 5.82 Å². The first-order valence-corrected chi connectivity index (χ1v) is 6.43. The largest absolute Gasteiger partial charge is 0.496 e. The summed E-state index contributed by atoms with van der Waals surface area (Å²) in [4.78, 5) is 4.10. The Kier molecular flexibility index (Phi) is 3.77. The lowest BCUT2D eigenvalue weighted by Crippen LogP contribution is -2.36. The van der Waals surface area contributed by atoms with Gasteiger partial charge in [-0.15, -0.1) is 0 Å². The van der Waals surface area contributed by atoms with Crippen LogP contribution in [0, 0.1) is 19.7 Å². The number of pyridine rings is 1. The minimum atomic E-state index is -0.850. The zero-order valence-corrected chi connectivity index (χ0v) is 12.2. The van der Waals surface area contributed by atoms with Crippen molar-refractivity contribution in [3.63, 3.8) is 0 Å². The van der Waals surface area contributed by atoms with Crippen LogP contribution in [0.4, 0.5) is 4.39 Å². The standard InChI is InChI=1S/C16H19FN2O/c1-10-5-7-13(15(20-4)11(10)2)16(3,18)14-8-6-12(17)9-19-14/h5-9H,18H2,1-4H3. The zero-order valence-electron chi connectivity index (χ0n) is 12.2. The van der Waals surface area contributed by atoms with Crippen molar-refractivity contribution in [2.24, 2.45) is 5.73 Å². The molecule has 0 aliphatic carbocycles. The van der Waals surface area contributed by atoms with Crippen molar-refractivity contribution in [3.05, 3.63) is 58.7 Å². The molecule has 106 valence electrons. The third-order valence-corrected chi connectivity index (χ3v) is 3.70. The van der Waals surface area contributed by atoms with Crippen LogP contribution in [0.25, 0.3) is 0 Å². The predicted octanol–water partition coefficient (Wildman–Crippen LogP) is 3.07. The third-order valence-electron chi connectivity index (χ3n) is 3.70. The molecule has 2 N–H and O–H groups in total. The highest BCUT2D eigenvalue weighted by Gasteiger charge is 2.29. The van der Waals surface area contributed by atoms with E-state index in [0.29, 0.717) is 5.69 Å². The van der Waals surface area contributed by atoms with Gasteiger partial charge in [0.1, 0.15) is 11.6 Å². The number of hydrogen-bond acceptors (Lipinski definition) is 3. The molecule has 0 amide bonds. The fourth-order valence-corrected chi connectivity index (χ4v) is 2.28. The molecular formula is C16H19FN2O. The second-order valence-electron chi connectivity index (χ2n) is 5.15. The fraction of sp³-hybridized carbons (Fsp3) is 0.312. The van der Waals surface area contributed by atoms with Gasteiger partial charge in [-0.2, -0.15) is 0 Å². The topological polar surface area (TPSA) is 48.1 Å². The van der Waals surface area contributed by atoms with Crippen LogP contribution in [-0.4, -0.2) is 12.1 Å². The van der Waals surface area contributed by atoms with E-state index in [9.17, 15) is 4.39 Å². The van der Waals surface area contributed by atoms with Gasteiger partial charge in [-0.25, -0.2) is 4.39 Å². The SMILES string of the molecule is COc1c(C(C)(N)c2ccc(F)cn2)ccc(C)c1C. The number of ether oxygens (including phenoxy) is 1. The smallest absolute Gasteiger partial charge is 0.141 e. The Balaban J connectivity index is 2.59. The first-order chi connectivity index (χ1) is 9.37. The monoisotopic (exact) mass is 274 g/mol. The summed E-state index contributed by atoms with van der Waals surface area (Å²) < 4.78 is 18.5. The average Bonchev–Trinajstić information content (AvgIpc) is 2.42. The Morgan fingerprint density at radius 2 is 1.90 bits per heavy atom. The summed E-state index contributed by atoms with van der Waals surface area (Å²) in [5, 5.41) is 0. The summed E-state index contributed by atoms with van der Waals surface area (Å²) in [7, 11) is 1.62. The van der Waals surface area contributed by atoms with Crippen LogP contribution in [0.5, 0.6) is 5.75 Å². The molecule has 1 unspecified atom stereocenters. The van der Waals surface area contributed by atoms with E-state index in [0.717, 1.165) is 22.4 Å². The maximum Gasteiger partial charge on any atom is 0.141 e. The van der Waals surface area contributed by atoms with Crippen molar-refractivity contribution in [3.8, 4) is 5.75 Å². The Hall–Kier alpha value is -1.94. The van der Waals surface area contributed by atoms with Crippen molar-refractivity contribution in [2.45, 2.75) is 26.3 Å². The average molecular weight is 274 g/mol. The van der Waals surface area contributed by atoms with Gasteiger partial charge < -0.3 is 10.5 Å². The number of methoxy groups -OCH3 is 1. The minimum Gasteiger partial charge on any atom is -0.496 e. The summed E-state index contributed by atoms with van der Waals surface area (Å²) in [6.45, 7) is 5.86. The second-order valence-corrected chi connectivity index (χ2v) is 5.15. The third kappa shape index (κ3) is 2.39. The summed E-state index contributed by atoms with van der Waals surface area (Å²) in [6.07, 6.45) is 1.17. The van der Waals surface area contributed by atoms with Gasteiger partial charge in [-0.3, -0.25) is 4.98 Å². The van der Waals surface area contributed by atoms with E-state index in [4.69, 9.17) is 10.5 Å². The van der Waals surface area contributed by atoms with Crippen LogP contribution >= 0.6 is 0 Å².